The van der Waals surface area contributed by atoms with E-state index >= 15 is 0 Å². The fraction of sp³-hybridized carbons (Fsp3) is 0.455. The van der Waals surface area contributed by atoms with Gasteiger partial charge in [-0.05, 0) is 30.9 Å². The number of nitrogens with zero attached hydrogens (tertiary/aromatic N) is 1. The maximum absolute atomic E-state index is 9.74. The Hall–Kier alpha value is -1.18. The van der Waals surface area contributed by atoms with Gasteiger partial charge in [-0.25, -0.2) is 0 Å². The maximum atomic E-state index is 9.74. The van der Waals surface area contributed by atoms with Crippen molar-refractivity contribution in [2.24, 2.45) is 0 Å². The van der Waals surface area contributed by atoms with E-state index in [1.807, 2.05) is 6.07 Å². The van der Waals surface area contributed by atoms with Crippen molar-refractivity contribution < 1.29 is 5.11 Å². The quantitative estimate of drug-likeness (QED) is 0.704. The van der Waals surface area contributed by atoms with Gasteiger partial charge in [0.25, 0.3) is 0 Å². The molecule has 0 radical (unpaired) electrons. The van der Waals surface area contributed by atoms with E-state index in [1.54, 1.807) is 6.07 Å². The highest BCUT2D eigenvalue weighted by Gasteiger charge is 2.34. The minimum absolute atomic E-state index is 0.460. The number of hydrogen-bond donors (Lipinski definition) is 1. The van der Waals surface area contributed by atoms with Gasteiger partial charge < -0.3 is 10.0 Å². The van der Waals surface area contributed by atoms with Gasteiger partial charge in [-0.1, -0.05) is 12.1 Å². The molecular weight excluding hydrogens is 162 g/mol. The normalized spacial score (nSPS) is 20.5. The molecule has 0 aromatic heterocycles. The molecule has 0 bridgehead atoms. The lowest BCUT2D eigenvalue weighted by atomic mass is 10.1. The van der Waals surface area contributed by atoms with Crippen molar-refractivity contribution in [3.63, 3.8) is 0 Å². The number of phenols is 1. The predicted octanol–water partition coefficient (Wildman–Crippen LogP) is 1.92. The minimum atomic E-state index is 0.460. The summed E-state index contributed by atoms with van der Waals surface area (Å²) in [5, 5.41) is 9.74. The first kappa shape index (κ1) is 7.25. The zero-order valence-corrected chi connectivity index (χ0v) is 7.53. The Labute approximate surface area is 77.8 Å². The Morgan fingerprint density at radius 2 is 2.15 bits per heavy atom. The molecule has 0 atom stereocenters. The van der Waals surface area contributed by atoms with Crippen LogP contribution in [0.3, 0.4) is 0 Å². The van der Waals surface area contributed by atoms with E-state index in [2.05, 4.69) is 11.0 Å². The second kappa shape index (κ2) is 2.41. The first-order valence-electron chi connectivity index (χ1n) is 4.94. The molecule has 0 spiro atoms. The van der Waals surface area contributed by atoms with Crippen LogP contribution < -0.4 is 4.90 Å². The molecule has 1 N–H and O–H groups in total. The highest BCUT2D eigenvalue weighted by molar-refractivity contribution is 5.67. The number of phenolic OH excluding ortho intramolecular Hbond substituents is 1. The third kappa shape index (κ3) is 1.01. The molecule has 1 aromatic carbocycles. The molecule has 13 heavy (non-hydrogen) atoms. The highest BCUT2D eigenvalue weighted by Crippen LogP contribution is 2.42. The van der Waals surface area contributed by atoms with Crippen LogP contribution in [-0.2, 0) is 6.42 Å². The van der Waals surface area contributed by atoms with Crippen LogP contribution in [0.1, 0.15) is 18.4 Å². The molecule has 68 valence electrons. The average molecular weight is 175 g/mol. The van der Waals surface area contributed by atoms with E-state index < -0.39 is 0 Å². The fourth-order valence-electron chi connectivity index (χ4n) is 2.22. The molecule has 2 aliphatic rings. The summed E-state index contributed by atoms with van der Waals surface area (Å²) < 4.78 is 0. The van der Waals surface area contributed by atoms with Crippen LogP contribution in [0.15, 0.2) is 18.2 Å². The molecule has 3 rings (SSSR count). The topological polar surface area (TPSA) is 23.5 Å². The molecule has 2 nitrogen and oxygen atoms in total. The number of rotatable bonds is 1. The Morgan fingerprint density at radius 3 is 2.92 bits per heavy atom. The number of hydrogen-bond acceptors (Lipinski definition) is 2. The van der Waals surface area contributed by atoms with E-state index in [0.717, 1.165) is 24.7 Å². The van der Waals surface area contributed by atoms with Gasteiger partial charge in [-0.3, -0.25) is 0 Å². The van der Waals surface area contributed by atoms with Gasteiger partial charge >= 0.3 is 0 Å². The second-order valence-corrected chi connectivity index (χ2v) is 3.96. The smallest absolute Gasteiger partial charge is 0.139 e. The zero-order chi connectivity index (χ0) is 8.84. The summed E-state index contributed by atoms with van der Waals surface area (Å²) in [6, 6.07) is 6.57. The lowest BCUT2D eigenvalue weighted by Gasteiger charge is -2.19. The molecule has 1 heterocycles. The molecular formula is C11H13NO. The van der Waals surface area contributed by atoms with Crippen LogP contribution in [0.5, 0.6) is 5.75 Å². The Kier molecular flexibility index (Phi) is 1.34. The standard InChI is InChI=1S/C11H13NO/c13-10-3-1-2-8-6-7-12(11(8)10)9-4-5-9/h1-3,9,13H,4-7H2. The maximum Gasteiger partial charge on any atom is 0.139 e. The average Bonchev–Trinajstić information content (AvgIpc) is 2.87. The summed E-state index contributed by atoms with van der Waals surface area (Å²) in [6.07, 6.45) is 3.70. The highest BCUT2D eigenvalue weighted by atomic mass is 16.3. The van der Waals surface area contributed by atoms with Crippen LogP contribution >= 0.6 is 0 Å². The van der Waals surface area contributed by atoms with Gasteiger partial charge in [-0.15, -0.1) is 0 Å². The molecule has 1 aliphatic carbocycles. The lowest BCUT2D eigenvalue weighted by molar-refractivity contribution is 0.475. The molecule has 0 unspecified atom stereocenters. The Bertz CT molecular complexity index is 344. The molecule has 2 heteroatoms. The summed E-state index contributed by atoms with van der Waals surface area (Å²) in [5.74, 6) is 0.460. The van der Waals surface area contributed by atoms with Crippen molar-refractivity contribution in [3.05, 3.63) is 23.8 Å². The van der Waals surface area contributed by atoms with Crippen molar-refractivity contribution in [2.75, 3.05) is 11.4 Å². The van der Waals surface area contributed by atoms with Crippen molar-refractivity contribution >= 4 is 5.69 Å². The van der Waals surface area contributed by atoms with Crippen molar-refractivity contribution in [1.82, 2.24) is 0 Å². The van der Waals surface area contributed by atoms with Gasteiger partial charge in [0, 0.05) is 12.6 Å². The third-order valence-corrected chi connectivity index (χ3v) is 3.00. The summed E-state index contributed by atoms with van der Waals surface area (Å²) in [6.45, 7) is 1.09. The summed E-state index contributed by atoms with van der Waals surface area (Å²) in [7, 11) is 0. The fourth-order valence-corrected chi connectivity index (χ4v) is 2.22. The Morgan fingerprint density at radius 1 is 1.31 bits per heavy atom. The van der Waals surface area contributed by atoms with E-state index in [0.29, 0.717) is 5.75 Å². The number of benzene rings is 1. The van der Waals surface area contributed by atoms with Crippen molar-refractivity contribution in [2.45, 2.75) is 25.3 Å². The van der Waals surface area contributed by atoms with Crippen molar-refractivity contribution in [1.29, 1.82) is 0 Å². The lowest BCUT2D eigenvalue weighted by Crippen LogP contribution is -2.22. The van der Waals surface area contributed by atoms with E-state index in [1.165, 1.54) is 18.4 Å². The minimum Gasteiger partial charge on any atom is -0.506 e. The zero-order valence-electron chi connectivity index (χ0n) is 7.53. The first-order chi connectivity index (χ1) is 6.36. The SMILES string of the molecule is Oc1cccc2c1N(C1CC1)CC2. The summed E-state index contributed by atoms with van der Waals surface area (Å²) in [5.41, 5.74) is 2.41. The van der Waals surface area contributed by atoms with E-state index in [9.17, 15) is 5.11 Å². The molecule has 0 saturated heterocycles. The number of anilines is 1. The van der Waals surface area contributed by atoms with Crippen LogP contribution in [0.2, 0.25) is 0 Å². The van der Waals surface area contributed by atoms with Gasteiger partial charge in [0.1, 0.15) is 5.75 Å². The van der Waals surface area contributed by atoms with Crippen LogP contribution in [0.4, 0.5) is 5.69 Å². The number of para-hydroxylation sites is 1. The monoisotopic (exact) mass is 175 g/mol. The van der Waals surface area contributed by atoms with Crippen LogP contribution in [0.25, 0.3) is 0 Å². The van der Waals surface area contributed by atoms with Gasteiger partial charge in [0.05, 0.1) is 5.69 Å². The molecule has 1 aromatic rings. The van der Waals surface area contributed by atoms with Gasteiger partial charge in [0.15, 0.2) is 0 Å². The van der Waals surface area contributed by atoms with E-state index in [-0.39, 0.29) is 0 Å². The van der Waals surface area contributed by atoms with Crippen molar-refractivity contribution in [3.8, 4) is 5.75 Å². The Balaban J connectivity index is 2.07. The van der Waals surface area contributed by atoms with Gasteiger partial charge in [-0.2, -0.15) is 0 Å². The van der Waals surface area contributed by atoms with E-state index in [4.69, 9.17) is 0 Å². The summed E-state index contributed by atoms with van der Waals surface area (Å²) in [4.78, 5) is 2.37. The largest absolute Gasteiger partial charge is 0.506 e. The van der Waals surface area contributed by atoms with Crippen LogP contribution in [0, 0.1) is 0 Å². The number of aromatic hydroxyl groups is 1. The molecule has 1 fully saturated rings. The van der Waals surface area contributed by atoms with Crippen LogP contribution in [-0.4, -0.2) is 17.7 Å². The molecule has 1 aliphatic heterocycles. The third-order valence-electron chi connectivity index (χ3n) is 3.00. The van der Waals surface area contributed by atoms with Gasteiger partial charge in [0.2, 0.25) is 0 Å². The summed E-state index contributed by atoms with van der Waals surface area (Å²) >= 11 is 0. The molecule has 1 saturated carbocycles. The molecule has 0 amide bonds. The predicted molar refractivity (Wildman–Crippen MR) is 52.2 cm³/mol. The number of fused-ring (bicyclic) bond motifs is 1. The second-order valence-electron chi connectivity index (χ2n) is 3.96. The first-order valence-corrected chi connectivity index (χ1v) is 4.94.